The number of carbonyl (C=O) groups is 2. The first-order valence-electron chi connectivity index (χ1n) is 7.92. The van der Waals surface area contributed by atoms with Crippen LogP contribution in [0.15, 0.2) is 0 Å². The first-order valence-corrected chi connectivity index (χ1v) is 8.73. The van der Waals surface area contributed by atoms with Crippen molar-refractivity contribution in [3.05, 3.63) is 16.0 Å². The minimum Gasteiger partial charge on any atom is -0.462 e. The summed E-state index contributed by atoms with van der Waals surface area (Å²) in [5.41, 5.74) is 1.46. The fraction of sp³-hybridized carbons (Fsp3) is 0.625. The van der Waals surface area contributed by atoms with Gasteiger partial charge in [-0.15, -0.1) is 11.3 Å². The molecule has 0 saturated carbocycles. The minimum absolute atomic E-state index is 0.198. The van der Waals surface area contributed by atoms with E-state index in [1.807, 2.05) is 6.92 Å². The predicted molar refractivity (Wildman–Crippen MR) is 85.9 cm³/mol. The number of rotatable bonds is 4. The summed E-state index contributed by atoms with van der Waals surface area (Å²) in [7, 11) is 0. The summed E-state index contributed by atoms with van der Waals surface area (Å²) in [6, 6.07) is 0. The highest BCUT2D eigenvalue weighted by Crippen LogP contribution is 2.43. The summed E-state index contributed by atoms with van der Waals surface area (Å²) in [6.45, 7) is 4.96. The number of hydrogen-bond donors (Lipinski definition) is 1. The first-order chi connectivity index (χ1) is 11.0. The Hall–Kier alpha value is -1.44. The monoisotopic (exact) mass is 339 g/mol. The standard InChI is InChI=1S/C16H21NO5S/c1-3-6-20-15(19)13-11-4-5-16(21-7-8-22-16)9-12(11)23-14(13)17-10(2)18/h3-9H2,1-2H3,(H,17,18). The molecule has 0 radical (unpaired) electrons. The quantitative estimate of drug-likeness (QED) is 0.853. The lowest BCUT2D eigenvalue weighted by Gasteiger charge is -2.31. The molecule has 0 atom stereocenters. The number of carbonyl (C=O) groups excluding carboxylic acids is 2. The number of amides is 1. The maximum absolute atomic E-state index is 12.4. The Labute approximate surface area is 139 Å². The fourth-order valence-electron chi connectivity index (χ4n) is 3.04. The lowest BCUT2D eigenvalue weighted by atomic mass is 9.91. The summed E-state index contributed by atoms with van der Waals surface area (Å²) in [5, 5.41) is 3.33. The van der Waals surface area contributed by atoms with E-state index >= 15 is 0 Å². The SMILES string of the molecule is CCCOC(=O)c1c(NC(C)=O)sc2c1CCC1(C2)OCCO1. The minimum atomic E-state index is -0.560. The molecule has 1 spiro atoms. The molecule has 6 nitrogen and oxygen atoms in total. The van der Waals surface area contributed by atoms with Gasteiger partial charge in [0, 0.05) is 24.6 Å². The molecule has 1 aliphatic carbocycles. The maximum Gasteiger partial charge on any atom is 0.341 e. The van der Waals surface area contributed by atoms with Crippen LogP contribution < -0.4 is 5.32 Å². The molecule has 1 amide bonds. The first kappa shape index (κ1) is 16.4. The Morgan fingerprint density at radius 2 is 2.09 bits per heavy atom. The van der Waals surface area contributed by atoms with E-state index in [0.29, 0.717) is 49.6 Å². The molecule has 2 heterocycles. The van der Waals surface area contributed by atoms with Crippen LogP contribution in [-0.2, 0) is 31.8 Å². The predicted octanol–water partition coefficient (Wildman–Crippen LogP) is 2.51. The van der Waals surface area contributed by atoms with Crippen molar-refractivity contribution in [2.24, 2.45) is 0 Å². The zero-order chi connectivity index (χ0) is 16.4. The van der Waals surface area contributed by atoms with Crippen LogP contribution in [0.25, 0.3) is 0 Å². The Balaban J connectivity index is 1.92. The zero-order valence-corrected chi connectivity index (χ0v) is 14.2. The smallest absolute Gasteiger partial charge is 0.341 e. The third-order valence-corrected chi connectivity index (χ3v) is 5.17. The van der Waals surface area contributed by atoms with Gasteiger partial charge < -0.3 is 19.5 Å². The second-order valence-corrected chi connectivity index (χ2v) is 6.91. The van der Waals surface area contributed by atoms with Gasteiger partial charge >= 0.3 is 5.97 Å². The highest BCUT2D eigenvalue weighted by atomic mass is 32.1. The highest BCUT2D eigenvalue weighted by Gasteiger charge is 2.42. The molecule has 0 bridgehead atoms. The summed E-state index contributed by atoms with van der Waals surface area (Å²) >= 11 is 1.42. The number of ether oxygens (including phenoxy) is 3. The van der Waals surface area contributed by atoms with Crippen molar-refractivity contribution in [2.75, 3.05) is 25.1 Å². The van der Waals surface area contributed by atoms with E-state index in [1.54, 1.807) is 0 Å². The van der Waals surface area contributed by atoms with Gasteiger partial charge in [0.1, 0.15) is 5.00 Å². The Bertz CT molecular complexity index is 618. The number of hydrogen-bond acceptors (Lipinski definition) is 6. The summed E-state index contributed by atoms with van der Waals surface area (Å²) in [4.78, 5) is 24.9. The van der Waals surface area contributed by atoms with Gasteiger partial charge in [-0.3, -0.25) is 4.79 Å². The number of esters is 1. The molecule has 1 aromatic rings. The molecular formula is C16H21NO5S. The molecule has 0 aromatic carbocycles. The summed E-state index contributed by atoms with van der Waals surface area (Å²) in [5.74, 6) is -1.12. The van der Waals surface area contributed by atoms with E-state index in [4.69, 9.17) is 14.2 Å². The van der Waals surface area contributed by atoms with Gasteiger partial charge in [0.2, 0.25) is 5.91 Å². The van der Waals surface area contributed by atoms with E-state index in [9.17, 15) is 9.59 Å². The maximum atomic E-state index is 12.4. The molecular weight excluding hydrogens is 318 g/mol. The average molecular weight is 339 g/mol. The van der Waals surface area contributed by atoms with Crippen molar-refractivity contribution in [1.82, 2.24) is 0 Å². The molecule has 2 aliphatic rings. The molecule has 23 heavy (non-hydrogen) atoms. The van der Waals surface area contributed by atoms with Crippen LogP contribution >= 0.6 is 11.3 Å². The van der Waals surface area contributed by atoms with Gasteiger partial charge in [-0.05, 0) is 18.4 Å². The van der Waals surface area contributed by atoms with Gasteiger partial charge in [0.15, 0.2) is 5.79 Å². The van der Waals surface area contributed by atoms with Crippen LogP contribution in [-0.4, -0.2) is 37.5 Å². The van der Waals surface area contributed by atoms with Crippen LogP contribution in [0.3, 0.4) is 0 Å². The van der Waals surface area contributed by atoms with Crippen molar-refractivity contribution in [3.8, 4) is 0 Å². The van der Waals surface area contributed by atoms with Crippen molar-refractivity contribution in [2.45, 2.75) is 45.3 Å². The Morgan fingerprint density at radius 3 is 2.74 bits per heavy atom. The van der Waals surface area contributed by atoms with Crippen LogP contribution in [0, 0.1) is 0 Å². The third kappa shape index (κ3) is 3.27. The molecule has 1 aromatic heterocycles. The molecule has 1 N–H and O–H groups in total. The largest absolute Gasteiger partial charge is 0.462 e. The van der Waals surface area contributed by atoms with Gasteiger partial charge in [0.05, 0.1) is 25.4 Å². The number of anilines is 1. The highest BCUT2D eigenvalue weighted by molar-refractivity contribution is 7.17. The van der Waals surface area contributed by atoms with Crippen molar-refractivity contribution in [3.63, 3.8) is 0 Å². The van der Waals surface area contributed by atoms with Gasteiger partial charge in [-0.25, -0.2) is 4.79 Å². The third-order valence-electron chi connectivity index (χ3n) is 4.02. The van der Waals surface area contributed by atoms with Gasteiger partial charge in [-0.2, -0.15) is 0 Å². The van der Waals surface area contributed by atoms with Crippen LogP contribution in [0.5, 0.6) is 0 Å². The normalized spacial score (nSPS) is 18.7. The fourth-order valence-corrected chi connectivity index (χ4v) is 4.41. The molecule has 3 rings (SSSR count). The second-order valence-electron chi connectivity index (χ2n) is 5.81. The van der Waals surface area contributed by atoms with Gasteiger partial charge in [0.25, 0.3) is 0 Å². The van der Waals surface area contributed by atoms with Gasteiger partial charge in [-0.1, -0.05) is 6.92 Å². The summed E-state index contributed by atoms with van der Waals surface area (Å²) in [6.07, 6.45) is 2.77. The van der Waals surface area contributed by atoms with Crippen LogP contribution in [0.2, 0.25) is 0 Å². The molecule has 1 saturated heterocycles. The topological polar surface area (TPSA) is 73.9 Å². The summed E-state index contributed by atoms with van der Waals surface area (Å²) < 4.78 is 16.8. The lowest BCUT2D eigenvalue weighted by Crippen LogP contribution is -2.36. The average Bonchev–Trinajstić information content (AvgIpc) is 3.08. The molecule has 1 fully saturated rings. The lowest BCUT2D eigenvalue weighted by molar-refractivity contribution is -0.163. The zero-order valence-electron chi connectivity index (χ0n) is 13.4. The number of fused-ring (bicyclic) bond motifs is 1. The van der Waals surface area contributed by atoms with E-state index in [-0.39, 0.29) is 11.9 Å². The van der Waals surface area contributed by atoms with Crippen LogP contribution in [0.1, 0.15) is 47.5 Å². The van der Waals surface area contributed by atoms with Crippen molar-refractivity contribution >= 4 is 28.2 Å². The van der Waals surface area contributed by atoms with E-state index < -0.39 is 5.79 Å². The Morgan fingerprint density at radius 1 is 1.35 bits per heavy atom. The number of thiophene rings is 1. The number of nitrogens with one attached hydrogen (secondary N) is 1. The van der Waals surface area contributed by atoms with Crippen LogP contribution in [0.4, 0.5) is 5.00 Å². The Kier molecular flexibility index (Phi) is 4.70. The molecule has 126 valence electrons. The molecule has 7 heteroatoms. The van der Waals surface area contributed by atoms with Crippen molar-refractivity contribution < 1.29 is 23.8 Å². The van der Waals surface area contributed by atoms with E-state index in [1.165, 1.54) is 18.3 Å². The second kappa shape index (κ2) is 6.59. The van der Waals surface area contributed by atoms with E-state index in [2.05, 4.69) is 5.32 Å². The molecule has 0 unspecified atom stereocenters. The van der Waals surface area contributed by atoms with Crippen molar-refractivity contribution in [1.29, 1.82) is 0 Å². The molecule has 1 aliphatic heterocycles. The van der Waals surface area contributed by atoms with E-state index in [0.717, 1.165) is 16.9 Å².